The Morgan fingerprint density at radius 1 is 1.22 bits per heavy atom. The number of ether oxygens (including phenoxy) is 1. The van der Waals surface area contributed by atoms with Crippen molar-refractivity contribution in [2.45, 2.75) is 18.7 Å². The lowest BCUT2D eigenvalue weighted by Crippen LogP contribution is -2.30. The third-order valence-electron chi connectivity index (χ3n) is 3.44. The van der Waals surface area contributed by atoms with E-state index in [1.54, 1.807) is 25.1 Å². The van der Waals surface area contributed by atoms with E-state index in [0.29, 0.717) is 10.7 Å². The van der Waals surface area contributed by atoms with Gasteiger partial charge in [-0.2, -0.15) is 0 Å². The predicted molar refractivity (Wildman–Crippen MR) is 89.3 cm³/mol. The number of anilines is 1. The number of hydrogen-bond donors (Lipinski definition) is 0. The second-order valence-electron chi connectivity index (χ2n) is 4.90. The van der Waals surface area contributed by atoms with Crippen LogP contribution in [-0.4, -0.2) is 22.1 Å². The Morgan fingerprint density at radius 2 is 1.91 bits per heavy atom. The van der Waals surface area contributed by atoms with Crippen LogP contribution in [0.5, 0.6) is 5.75 Å². The first-order chi connectivity index (χ1) is 10.8. The number of halogens is 2. The van der Waals surface area contributed by atoms with Gasteiger partial charge in [0.25, 0.3) is 10.0 Å². The van der Waals surface area contributed by atoms with Crippen molar-refractivity contribution in [1.29, 1.82) is 0 Å². The van der Waals surface area contributed by atoms with E-state index in [1.165, 1.54) is 23.5 Å². The Balaban J connectivity index is 2.50. The van der Waals surface area contributed by atoms with Gasteiger partial charge in [-0.1, -0.05) is 17.7 Å². The zero-order chi connectivity index (χ0) is 17.2. The molecule has 0 aliphatic carbocycles. The van der Waals surface area contributed by atoms with Gasteiger partial charge < -0.3 is 4.74 Å². The largest absolute Gasteiger partial charge is 0.494 e. The normalized spacial score (nSPS) is 11.3. The van der Waals surface area contributed by atoms with E-state index in [2.05, 4.69) is 0 Å². The average molecular weight is 358 g/mol. The molecule has 0 unspecified atom stereocenters. The van der Waals surface area contributed by atoms with E-state index in [4.69, 9.17) is 16.3 Å². The highest BCUT2D eigenvalue weighted by atomic mass is 35.5. The fraction of sp³-hybridized carbons (Fsp3) is 0.250. The molecule has 0 saturated heterocycles. The summed E-state index contributed by atoms with van der Waals surface area (Å²) in [5, 5.41) is 0.470. The van der Waals surface area contributed by atoms with E-state index in [1.807, 2.05) is 6.92 Å². The summed E-state index contributed by atoms with van der Waals surface area (Å²) in [4.78, 5) is -0.144. The number of aryl methyl sites for hydroxylation is 1. The van der Waals surface area contributed by atoms with E-state index < -0.39 is 15.8 Å². The third-order valence-corrected chi connectivity index (χ3v) is 5.75. The van der Waals surface area contributed by atoms with Crippen LogP contribution in [0, 0.1) is 12.7 Å². The molecule has 2 rings (SSSR count). The molecule has 23 heavy (non-hydrogen) atoms. The van der Waals surface area contributed by atoms with Crippen LogP contribution in [0.4, 0.5) is 10.1 Å². The zero-order valence-corrected chi connectivity index (χ0v) is 14.6. The van der Waals surface area contributed by atoms with E-state index in [-0.39, 0.29) is 17.2 Å². The molecule has 0 amide bonds. The molecule has 0 aliphatic rings. The summed E-state index contributed by atoms with van der Waals surface area (Å²) in [5.74, 6) is -0.739. The van der Waals surface area contributed by atoms with Crippen molar-refractivity contribution in [3.63, 3.8) is 0 Å². The van der Waals surface area contributed by atoms with Crippen LogP contribution in [-0.2, 0) is 10.0 Å². The monoisotopic (exact) mass is 357 g/mol. The first-order valence-electron chi connectivity index (χ1n) is 6.93. The van der Waals surface area contributed by atoms with Gasteiger partial charge in [0.05, 0.1) is 17.7 Å². The summed E-state index contributed by atoms with van der Waals surface area (Å²) in [6.45, 7) is 3.72. The molecule has 0 atom stereocenters. The Bertz CT molecular complexity index is 824. The Morgan fingerprint density at radius 3 is 2.43 bits per heavy atom. The Hall–Kier alpha value is -1.79. The first kappa shape index (κ1) is 17.6. The molecule has 0 spiro atoms. The van der Waals surface area contributed by atoms with Gasteiger partial charge in [0, 0.05) is 11.6 Å². The Labute approximate surface area is 140 Å². The fourth-order valence-electron chi connectivity index (χ4n) is 2.16. The lowest BCUT2D eigenvalue weighted by Gasteiger charge is -2.23. The lowest BCUT2D eigenvalue weighted by molar-refractivity contribution is 0.385. The van der Waals surface area contributed by atoms with Crippen molar-refractivity contribution in [3.05, 3.63) is 52.8 Å². The highest BCUT2D eigenvalue weighted by Gasteiger charge is 2.25. The van der Waals surface area contributed by atoms with Crippen molar-refractivity contribution in [2.24, 2.45) is 0 Å². The molecule has 0 N–H and O–H groups in total. The van der Waals surface area contributed by atoms with Gasteiger partial charge in [-0.25, -0.2) is 12.8 Å². The van der Waals surface area contributed by atoms with Gasteiger partial charge in [0.15, 0.2) is 11.6 Å². The van der Waals surface area contributed by atoms with Crippen LogP contribution in [0.3, 0.4) is 0 Å². The molecular formula is C16H17ClFNO3S. The van der Waals surface area contributed by atoms with Crippen LogP contribution < -0.4 is 9.04 Å². The number of methoxy groups -OCH3 is 1. The summed E-state index contributed by atoms with van der Waals surface area (Å²) in [7, 11) is -2.58. The molecule has 0 fully saturated rings. The minimum Gasteiger partial charge on any atom is -0.494 e. The molecule has 4 nitrogen and oxygen atoms in total. The zero-order valence-electron chi connectivity index (χ0n) is 13.0. The maximum atomic E-state index is 13.8. The first-order valence-corrected chi connectivity index (χ1v) is 8.75. The maximum Gasteiger partial charge on any atom is 0.264 e. The maximum absolute atomic E-state index is 13.8. The van der Waals surface area contributed by atoms with Gasteiger partial charge in [-0.15, -0.1) is 0 Å². The van der Waals surface area contributed by atoms with Crippen LogP contribution in [0.25, 0.3) is 0 Å². The van der Waals surface area contributed by atoms with Crippen molar-refractivity contribution in [1.82, 2.24) is 0 Å². The van der Waals surface area contributed by atoms with Crippen LogP contribution in [0.1, 0.15) is 12.5 Å². The average Bonchev–Trinajstić information content (AvgIpc) is 2.51. The van der Waals surface area contributed by atoms with E-state index in [0.717, 1.165) is 11.6 Å². The topological polar surface area (TPSA) is 46.6 Å². The number of benzene rings is 2. The molecule has 0 heterocycles. The summed E-state index contributed by atoms with van der Waals surface area (Å²) in [5.41, 5.74) is 1.28. The molecular weight excluding hydrogens is 341 g/mol. The molecule has 0 aromatic heterocycles. The van der Waals surface area contributed by atoms with Gasteiger partial charge in [0.2, 0.25) is 0 Å². The van der Waals surface area contributed by atoms with E-state index >= 15 is 0 Å². The molecule has 124 valence electrons. The standard InChI is InChI=1S/C16H17ClFNO3S/c1-4-19(12-6-5-11(2)14(17)9-12)23(20,21)13-7-8-16(22-3)15(18)10-13/h5-10H,4H2,1-3H3. The quantitative estimate of drug-likeness (QED) is 0.812. The molecule has 0 saturated carbocycles. The van der Waals surface area contributed by atoms with Crippen molar-refractivity contribution in [2.75, 3.05) is 18.0 Å². The van der Waals surface area contributed by atoms with Crippen LogP contribution >= 0.6 is 11.6 Å². The highest BCUT2D eigenvalue weighted by Crippen LogP contribution is 2.29. The van der Waals surface area contributed by atoms with Gasteiger partial charge in [0.1, 0.15) is 0 Å². The summed E-state index contributed by atoms with van der Waals surface area (Å²) in [6, 6.07) is 8.55. The van der Waals surface area contributed by atoms with Crippen LogP contribution in [0.15, 0.2) is 41.3 Å². The van der Waals surface area contributed by atoms with Crippen LogP contribution in [0.2, 0.25) is 5.02 Å². The molecule has 0 radical (unpaired) electrons. The second kappa shape index (κ2) is 6.76. The summed E-state index contributed by atoms with van der Waals surface area (Å²) < 4.78 is 45.4. The number of nitrogens with zero attached hydrogens (tertiary/aromatic N) is 1. The number of hydrogen-bond acceptors (Lipinski definition) is 3. The van der Waals surface area contributed by atoms with Gasteiger partial charge in [-0.05, 0) is 49.7 Å². The highest BCUT2D eigenvalue weighted by molar-refractivity contribution is 7.92. The Kier molecular flexibility index (Phi) is 5.16. The van der Waals surface area contributed by atoms with E-state index in [9.17, 15) is 12.8 Å². The third kappa shape index (κ3) is 3.43. The van der Waals surface area contributed by atoms with Crippen molar-refractivity contribution < 1.29 is 17.5 Å². The van der Waals surface area contributed by atoms with Gasteiger partial charge >= 0.3 is 0 Å². The molecule has 0 bridgehead atoms. The molecule has 2 aromatic carbocycles. The van der Waals surface area contributed by atoms with Crippen molar-refractivity contribution in [3.8, 4) is 5.75 Å². The predicted octanol–water partition coefficient (Wildman–Crippen LogP) is 4.01. The smallest absolute Gasteiger partial charge is 0.264 e. The summed E-state index contributed by atoms with van der Waals surface area (Å²) >= 11 is 6.08. The van der Waals surface area contributed by atoms with Gasteiger partial charge in [-0.3, -0.25) is 4.31 Å². The molecule has 0 aliphatic heterocycles. The minimum absolute atomic E-state index is 0.00891. The molecule has 2 aromatic rings. The number of sulfonamides is 1. The lowest BCUT2D eigenvalue weighted by atomic mass is 10.2. The molecule has 7 heteroatoms. The fourth-order valence-corrected chi connectivity index (χ4v) is 3.82. The SMILES string of the molecule is CCN(c1ccc(C)c(Cl)c1)S(=O)(=O)c1ccc(OC)c(F)c1. The summed E-state index contributed by atoms with van der Waals surface area (Å²) in [6.07, 6.45) is 0. The van der Waals surface area contributed by atoms with Crippen molar-refractivity contribution >= 4 is 27.3 Å². The second-order valence-corrected chi connectivity index (χ2v) is 7.17. The number of rotatable bonds is 5. The minimum atomic E-state index is -3.90.